The standard InChI is InChI=1S/C19H27N5/c1-13-18(14(2)24(3)23-13)8-5-11-21-19(20)22-17-10-9-15-6-4-7-16(15)12-17/h9-10,12H,4-8,11H2,1-3H3,(H3,20,21,22). The molecule has 1 aromatic carbocycles. The van der Waals surface area contributed by atoms with Crippen LogP contribution in [-0.2, 0) is 26.3 Å². The summed E-state index contributed by atoms with van der Waals surface area (Å²) in [6, 6.07) is 6.49. The van der Waals surface area contributed by atoms with Crippen molar-refractivity contribution >= 4 is 11.6 Å². The molecule has 0 saturated heterocycles. The molecule has 0 amide bonds. The van der Waals surface area contributed by atoms with Gasteiger partial charge in [-0.25, -0.2) is 0 Å². The van der Waals surface area contributed by atoms with Gasteiger partial charge < -0.3 is 11.1 Å². The molecule has 1 aromatic heterocycles. The Balaban J connectivity index is 1.51. The van der Waals surface area contributed by atoms with Gasteiger partial charge in [-0.3, -0.25) is 9.67 Å². The Labute approximate surface area is 144 Å². The second kappa shape index (κ2) is 7.07. The number of hydrogen-bond donors (Lipinski definition) is 2. The van der Waals surface area contributed by atoms with Gasteiger partial charge in [0, 0.05) is 25.0 Å². The van der Waals surface area contributed by atoms with Gasteiger partial charge in [0.05, 0.1) is 5.69 Å². The van der Waals surface area contributed by atoms with Gasteiger partial charge in [-0.2, -0.15) is 5.10 Å². The van der Waals surface area contributed by atoms with Crippen LogP contribution in [0.1, 0.15) is 40.9 Å². The van der Waals surface area contributed by atoms with Crippen LogP contribution < -0.4 is 11.1 Å². The largest absolute Gasteiger partial charge is 0.370 e. The first-order valence-corrected chi connectivity index (χ1v) is 8.72. The van der Waals surface area contributed by atoms with E-state index >= 15 is 0 Å². The Morgan fingerprint density at radius 2 is 2.08 bits per heavy atom. The SMILES string of the molecule is Cc1nn(C)c(C)c1CCCN=C(N)Nc1ccc2c(c1)CCC2. The van der Waals surface area contributed by atoms with Crippen molar-refractivity contribution in [3.8, 4) is 0 Å². The Hall–Kier alpha value is -2.30. The number of anilines is 1. The Morgan fingerprint density at radius 3 is 2.83 bits per heavy atom. The fourth-order valence-electron chi connectivity index (χ4n) is 3.47. The summed E-state index contributed by atoms with van der Waals surface area (Å²) in [4.78, 5) is 4.45. The van der Waals surface area contributed by atoms with E-state index in [4.69, 9.17) is 5.73 Å². The smallest absolute Gasteiger partial charge is 0.193 e. The molecule has 3 rings (SSSR count). The molecule has 0 unspecified atom stereocenters. The second-order valence-electron chi connectivity index (χ2n) is 6.61. The van der Waals surface area contributed by atoms with Crippen LogP contribution in [0.3, 0.4) is 0 Å². The van der Waals surface area contributed by atoms with Gasteiger partial charge in [-0.1, -0.05) is 6.07 Å². The van der Waals surface area contributed by atoms with Crippen molar-refractivity contribution in [2.45, 2.75) is 46.0 Å². The molecule has 0 fully saturated rings. The van der Waals surface area contributed by atoms with Crippen molar-refractivity contribution in [1.29, 1.82) is 0 Å². The molecule has 0 radical (unpaired) electrons. The highest BCUT2D eigenvalue weighted by molar-refractivity contribution is 5.92. The molecule has 1 heterocycles. The maximum atomic E-state index is 6.02. The zero-order chi connectivity index (χ0) is 17.1. The summed E-state index contributed by atoms with van der Waals surface area (Å²) < 4.78 is 1.94. The molecule has 5 heteroatoms. The van der Waals surface area contributed by atoms with E-state index in [-0.39, 0.29) is 0 Å². The number of guanidine groups is 1. The molecular formula is C19H27N5. The topological polar surface area (TPSA) is 68.2 Å². The third-order valence-electron chi connectivity index (χ3n) is 4.90. The lowest BCUT2D eigenvalue weighted by Gasteiger charge is -2.08. The molecule has 1 aliphatic carbocycles. The lowest BCUT2D eigenvalue weighted by atomic mass is 10.1. The van der Waals surface area contributed by atoms with Gasteiger partial charge in [0.25, 0.3) is 0 Å². The summed E-state index contributed by atoms with van der Waals surface area (Å²) in [5.41, 5.74) is 13.6. The fraction of sp³-hybridized carbons (Fsp3) is 0.474. The maximum absolute atomic E-state index is 6.02. The van der Waals surface area contributed by atoms with Gasteiger partial charge in [0.1, 0.15) is 0 Å². The Bertz CT molecular complexity index is 757. The predicted molar refractivity (Wildman–Crippen MR) is 99.6 cm³/mol. The van der Waals surface area contributed by atoms with E-state index < -0.39 is 0 Å². The fourth-order valence-corrected chi connectivity index (χ4v) is 3.47. The number of fused-ring (bicyclic) bond motifs is 1. The molecule has 0 atom stereocenters. The summed E-state index contributed by atoms with van der Waals surface area (Å²) in [6.45, 7) is 4.90. The van der Waals surface area contributed by atoms with Crippen molar-refractivity contribution in [2.75, 3.05) is 11.9 Å². The van der Waals surface area contributed by atoms with Crippen LogP contribution in [0.2, 0.25) is 0 Å². The van der Waals surface area contributed by atoms with E-state index in [1.165, 1.54) is 41.6 Å². The average Bonchev–Trinajstić information content (AvgIpc) is 3.10. The first kappa shape index (κ1) is 16.6. The van der Waals surface area contributed by atoms with Gasteiger partial charge in [-0.15, -0.1) is 0 Å². The molecule has 0 bridgehead atoms. The summed E-state index contributed by atoms with van der Waals surface area (Å²) in [7, 11) is 1.99. The number of rotatable bonds is 5. The number of aryl methyl sites for hydroxylation is 4. The van der Waals surface area contributed by atoms with Crippen molar-refractivity contribution in [3.05, 3.63) is 46.3 Å². The highest BCUT2D eigenvalue weighted by atomic mass is 15.3. The van der Waals surface area contributed by atoms with Crippen LogP contribution in [0.4, 0.5) is 5.69 Å². The number of nitrogens with one attached hydrogen (secondary N) is 1. The minimum absolute atomic E-state index is 0.493. The van der Waals surface area contributed by atoms with E-state index in [2.05, 4.69) is 47.5 Å². The van der Waals surface area contributed by atoms with Crippen molar-refractivity contribution < 1.29 is 0 Å². The van der Waals surface area contributed by atoms with Crippen LogP contribution in [0, 0.1) is 13.8 Å². The van der Waals surface area contributed by atoms with Crippen molar-refractivity contribution in [3.63, 3.8) is 0 Å². The molecule has 1 aliphatic rings. The first-order chi connectivity index (χ1) is 11.5. The lowest BCUT2D eigenvalue weighted by Crippen LogP contribution is -2.23. The minimum atomic E-state index is 0.493. The molecule has 0 saturated carbocycles. The summed E-state index contributed by atoms with van der Waals surface area (Å²) >= 11 is 0. The van der Waals surface area contributed by atoms with Gasteiger partial charge >= 0.3 is 0 Å². The van der Waals surface area contributed by atoms with E-state index in [9.17, 15) is 0 Å². The molecule has 24 heavy (non-hydrogen) atoms. The van der Waals surface area contributed by atoms with Crippen LogP contribution in [0.5, 0.6) is 0 Å². The molecule has 5 nitrogen and oxygen atoms in total. The molecule has 3 N–H and O–H groups in total. The Kier molecular flexibility index (Phi) is 4.88. The number of aromatic nitrogens is 2. The van der Waals surface area contributed by atoms with Gasteiger partial charge in [0.2, 0.25) is 0 Å². The van der Waals surface area contributed by atoms with Gasteiger partial charge in [0.15, 0.2) is 5.96 Å². The number of hydrogen-bond acceptors (Lipinski definition) is 2. The van der Waals surface area contributed by atoms with Crippen LogP contribution in [-0.4, -0.2) is 22.3 Å². The first-order valence-electron chi connectivity index (χ1n) is 8.72. The second-order valence-corrected chi connectivity index (χ2v) is 6.61. The molecule has 0 spiro atoms. The third kappa shape index (κ3) is 3.61. The minimum Gasteiger partial charge on any atom is -0.370 e. The number of benzene rings is 1. The summed E-state index contributed by atoms with van der Waals surface area (Å²) in [6.07, 6.45) is 5.59. The van der Waals surface area contributed by atoms with Crippen LogP contribution in [0.15, 0.2) is 23.2 Å². The molecule has 2 aromatic rings. The zero-order valence-corrected chi connectivity index (χ0v) is 14.9. The van der Waals surface area contributed by atoms with Crippen molar-refractivity contribution in [2.24, 2.45) is 17.8 Å². The van der Waals surface area contributed by atoms with Crippen LogP contribution >= 0.6 is 0 Å². The normalized spacial score (nSPS) is 14.0. The van der Waals surface area contributed by atoms with Crippen LogP contribution in [0.25, 0.3) is 0 Å². The number of nitrogens with two attached hydrogens (primary N) is 1. The number of aliphatic imine (C=N–C) groups is 1. The molecular weight excluding hydrogens is 298 g/mol. The Morgan fingerprint density at radius 1 is 1.29 bits per heavy atom. The summed E-state index contributed by atoms with van der Waals surface area (Å²) in [5, 5.41) is 7.66. The van der Waals surface area contributed by atoms with E-state index in [0.29, 0.717) is 5.96 Å². The van der Waals surface area contributed by atoms with E-state index in [0.717, 1.165) is 30.8 Å². The highest BCUT2D eigenvalue weighted by Crippen LogP contribution is 2.24. The van der Waals surface area contributed by atoms with Crippen molar-refractivity contribution in [1.82, 2.24) is 9.78 Å². The predicted octanol–water partition coefficient (Wildman–Crippen LogP) is 2.89. The summed E-state index contributed by atoms with van der Waals surface area (Å²) in [5.74, 6) is 0.493. The average molecular weight is 325 g/mol. The molecule has 128 valence electrons. The highest BCUT2D eigenvalue weighted by Gasteiger charge is 2.11. The lowest BCUT2D eigenvalue weighted by molar-refractivity contribution is 0.728. The zero-order valence-electron chi connectivity index (χ0n) is 14.9. The molecule has 0 aliphatic heterocycles. The maximum Gasteiger partial charge on any atom is 0.193 e. The van der Waals surface area contributed by atoms with E-state index in [1.807, 2.05) is 11.7 Å². The van der Waals surface area contributed by atoms with E-state index in [1.54, 1.807) is 0 Å². The number of nitrogens with zero attached hydrogens (tertiary/aromatic N) is 3. The van der Waals surface area contributed by atoms with Gasteiger partial charge in [-0.05, 0) is 74.8 Å². The third-order valence-corrected chi connectivity index (χ3v) is 4.90. The monoisotopic (exact) mass is 325 g/mol. The quantitative estimate of drug-likeness (QED) is 0.504.